The average molecular weight is 210 g/mol. The molecule has 0 spiro atoms. The fourth-order valence-electron chi connectivity index (χ4n) is 1.10. The summed E-state index contributed by atoms with van der Waals surface area (Å²) in [7, 11) is 0. The molecule has 0 radical (unpaired) electrons. The lowest BCUT2D eigenvalue weighted by Crippen LogP contribution is -2.00. The van der Waals surface area contributed by atoms with Crippen molar-refractivity contribution in [1.29, 1.82) is 0 Å². The van der Waals surface area contributed by atoms with Crippen LogP contribution in [0.2, 0.25) is 0 Å². The summed E-state index contributed by atoms with van der Waals surface area (Å²) in [6, 6.07) is 4.34. The number of hydrogen-bond donors (Lipinski definition) is 0. The van der Waals surface area contributed by atoms with Gasteiger partial charge in [0.1, 0.15) is 12.1 Å². The zero-order valence-electron chi connectivity index (χ0n) is 7.92. The number of carbonyl (C=O) groups excluding carboxylic acids is 2. The molecule has 0 bridgehead atoms. The molecule has 0 amide bonds. The largest absolute Gasteiger partial charge is 0.303 e. The van der Waals surface area contributed by atoms with Crippen molar-refractivity contribution in [2.45, 2.75) is 27.2 Å². The van der Waals surface area contributed by atoms with Gasteiger partial charge in [0.25, 0.3) is 0 Å². The molecule has 0 aromatic heterocycles. The zero-order valence-corrected chi connectivity index (χ0v) is 7.92. The fourth-order valence-corrected chi connectivity index (χ4v) is 1.10. The van der Waals surface area contributed by atoms with Crippen molar-refractivity contribution in [2.75, 3.05) is 0 Å². The Morgan fingerprint density at radius 1 is 1.47 bits per heavy atom. The molecule has 0 aliphatic rings. The average Bonchev–Trinajstić information content (AvgIpc) is 2.18. The summed E-state index contributed by atoms with van der Waals surface area (Å²) in [5.74, 6) is -0.585. The van der Waals surface area contributed by atoms with Crippen LogP contribution in [0, 0.1) is 12.7 Å². The Labute approximate surface area is 89.1 Å². The van der Waals surface area contributed by atoms with Crippen molar-refractivity contribution in [3.8, 4) is 0 Å². The SMILES string of the molecule is C.Cc1ccc(C(=O)CCC=O)cc1F. The third kappa shape index (κ3) is 3.62. The maximum absolute atomic E-state index is 13.0. The van der Waals surface area contributed by atoms with Gasteiger partial charge < -0.3 is 4.79 Å². The smallest absolute Gasteiger partial charge is 0.163 e. The van der Waals surface area contributed by atoms with E-state index in [0.717, 1.165) is 0 Å². The Morgan fingerprint density at radius 2 is 2.13 bits per heavy atom. The van der Waals surface area contributed by atoms with Gasteiger partial charge in [-0.3, -0.25) is 4.79 Å². The summed E-state index contributed by atoms with van der Waals surface area (Å²) in [6.45, 7) is 1.63. The van der Waals surface area contributed by atoms with Crippen LogP contribution in [0.4, 0.5) is 4.39 Å². The lowest BCUT2D eigenvalue weighted by atomic mass is 10.1. The molecule has 0 fully saturated rings. The van der Waals surface area contributed by atoms with Crippen LogP contribution in [0.15, 0.2) is 18.2 Å². The van der Waals surface area contributed by atoms with E-state index in [-0.39, 0.29) is 31.9 Å². The summed E-state index contributed by atoms with van der Waals surface area (Å²) in [5.41, 5.74) is 0.840. The monoisotopic (exact) mass is 210 g/mol. The number of rotatable bonds is 4. The van der Waals surface area contributed by atoms with Crippen LogP contribution in [0.25, 0.3) is 0 Å². The number of halogens is 1. The molecule has 1 rings (SSSR count). The standard InChI is InChI=1S/C11H11FO2.CH4/c1-8-4-5-9(7-10(8)12)11(14)3-2-6-13;/h4-7H,2-3H2,1H3;1H4. The highest BCUT2D eigenvalue weighted by Gasteiger charge is 2.07. The van der Waals surface area contributed by atoms with Crippen LogP contribution in [0.1, 0.15) is 36.2 Å². The maximum atomic E-state index is 13.0. The number of carbonyl (C=O) groups is 2. The van der Waals surface area contributed by atoms with Gasteiger partial charge in [-0.1, -0.05) is 19.6 Å². The third-order valence-electron chi connectivity index (χ3n) is 1.98. The number of Topliss-reactive ketones (excluding diaryl/α,β-unsaturated/α-hetero) is 1. The predicted octanol–water partition coefficient (Wildman–Crippen LogP) is 2.93. The summed E-state index contributed by atoms with van der Waals surface area (Å²) in [6.07, 6.45) is 1.02. The van der Waals surface area contributed by atoms with Gasteiger partial charge in [0, 0.05) is 18.4 Å². The van der Waals surface area contributed by atoms with Crippen molar-refractivity contribution in [3.05, 3.63) is 35.1 Å². The van der Waals surface area contributed by atoms with E-state index >= 15 is 0 Å². The van der Waals surface area contributed by atoms with Gasteiger partial charge in [-0.15, -0.1) is 0 Å². The van der Waals surface area contributed by atoms with Crippen molar-refractivity contribution < 1.29 is 14.0 Å². The summed E-state index contributed by atoms with van der Waals surface area (Å²) >= 11 is 0. The Hall–Kier alpha value is -1.51. The number of ketones is 1. The van der Waals surface area contributed by atoms with Crippen LogP contribution in [0.3, 0.4) is 0 Å². The molecule has 82 valence electrons. The highest BCUT2D eigenvalue weighted by molar-refractivity contribution is 5.96. The van der Waals surface area contributed by atoms with E-state index in [2.05, 4.69) is 0 Å². The second-order valence-electron chi connectivity index (χ2n) is 3.09. The van der Waals surface area contributed by atoms with E-state index in [1.165, 1.54) is 6.07 Å². The van der Waals surface area contributed by atoms with Crippen LogP contribution < -0.4 is 0 Å². The molecule has 0 heterocycles. The highest BCUT2D eigenvalue weighted by Crippen LogP contribution is 2.11. The van der Waals surface area contributed by atoms with Gasteiger partial charge >= 0.3 is 0 Å². The minimum absolute atomic E-state index is 0. The first-order chi connectivity index (χ1) is 6.65. The van der Waals surface area contributed by atoms with E-state index in [9.17, 15) is 14.0 Å². The Morgan fingerprint density at radius 3 is 2.67 bits per heavy atom. The normalized spacial score (nSPS) is 9.20. The first-order valence-electron chi connectivity index (χ1n) is 4.38. The van der Waals surface area contributed by atoms with Crippen LogP contribution in [0.5, 0.6) is 0 Å². The fraction of sp³-hybridized carbons (Fsp3) is 0.333. The second kappa shape index (κ2) is 6.06. The van der Waals surface area contributed by atoms with Gasteiger partial charge in [-0.2, -0.15) is 0 Å². The third-order valence-corrected chi connectivity index (χ3v) is 1.98. The number of hydrogen-bond acceptors (Lipinski definition) is 2. The lowest BCUT2D eigenvalue weighted by Gasteiger charge is -2.00. The first-order valence-corrected chi connectivity index (χ1v) is 4.38. The molecule has 0 N–H and O–H groups in total. The first kappa shape index (κ1) is 13.5. The van der Waals surface area contributed by atoms with E-state index in [4.69, 9.17) is 0 Å². The van der Waals surface area contributed by atoms with Crippen LogP contribution >= 0.6 is 0 Å². The van der Waals surface area contributed by atoms with E-state index < -0.39 is 0 Å². The molecule has 0 saturated carbocycles. The summed E-state index contributed by atoms with van der Waals surface area (Å²) in [4.78, 5) is 21.4. The molecule has 2 nitrogen and oxygen atoms in total. The van der Waals surface area contributed by atoms with Crippen LogP contribution in [-0.4, -0.2) is 12.1 Å². The minimum Gasteiger partial charge on any atom is -0.303 e. The molecule has 0 saturated heterocycles. The van der Waals surface area contributed by atoms with Crippen molar-refractivity contribution in [3.63, 3.8) is 0 Å². The number of aldehydes is 1. The van der Waals surface area contributed by atoms with E-state index in [1.807, 2.05) is 0 Å². The Balaban J connectivity index is 0.00000196. The highest BCUT2D eigenvalue weighted by atomic mass is 19.1. The van der Waals surface area contributed by atoms with Gasteiger partial charge in [-0.05, 0) is 18.6 Å². The topological polar surface area (TPSA) is 34.1 Å². The Kier molecular flexibility index (Phi) is 5.45. The number of benzene rings is 1. The number of aryl methyl sites for hydroxylation is 1. The molecule has 0 unspecified atom stereocenters. The van der Waals surface area contributed by atoms with Crippen molar-refractivity contribution in [1.82, 2.24) is 0 Å². The molecular formula is C12H15FO2. The molecule has 1 aromatic rings. The minimum atomic E-state index is -0.387. The van der Waals surface area contributed by atoms with Gasteiger partial charge in [-0.25, -0.2) is 4.39 Å². The molecule has 0 aliphatic carbocycles. The Bertz CT molecular complexity index is 359. The molecular weight excluding hydrogens is 195 g/mol. The summed E-state index contributed by atoms with van der Waals surface area (Å²) in [5, 5.41) is 0. The van der Waals surface area contributed by atoms with Gasteiger partial charge in [0.05, 0.1) is 0 Å². The van der Waals surface area contributed by atoms with Crippen molar-refractivity contribution >= 4 is 12.1 Å². The van der Waals surface area contributed by atoms with Crippen LogP contribution in [-0.2, 0) is 4.79 Å². The van der Waals surface area contributed by atoms with E-state index in [0.29, 0.717) is 17.4 Å². The quantitative estimate of drug-likeness (QED) is 0.565. The zero-order chi connectivity index (χ0) is 10.6. The van der Waals surface area contributed by atoms with Gasteiger partial charge in [0.15, 0.2) is 5.78 Å². The molecule has 15 heavy (non-hydrogen) atoms. The second-order valence-corrected chi connectivity index (χ2v) is 3.09. The molecule has 3 heteroatoms. The molecule has 0 aliphatic heterocycles. The lowest BCUT2D eigenvalue weighted by molar-refractivity contribution is -0.107. The predicted molar refractivity (Wildman–Crippen MR) is 57.5 cm³/mol. The summed E-state index contributed by atoms with van der Waals surface area (Å²) < 4.78 is 13.0. The van der Waals surface area contributed by atoms with Crippen molar-refractivity contribution in [2.24, 2.45) is 0 Å². The maximum Gasteiger partial charge on any atom is 0.163 e. The molecule has 1 aromatic carbocycles. The molecule has 0 atom stereocenters. The van der Waals surface area contributed by atoms with Gasteiger partial charge in [0.2, 0.25) is 0 Å². The van der Waals surface area contributed by atoms with E-state index in [1.54, 1.807) is 19.1 Å².